The molecule has 1 unspecified atom stereocenters. The lowest BCUT2D eigenvalue weighted by Gasteiger charge is -2.36. The lowest BCUT2D eigenvalue weighted by Crippen LogP contribution is -2.52. The molecule has 0 radical (unpaired) electrons. The molecule has 2 fully saturated rings. The molecular weight excluding hydrogens is 412 g/mol. The zero-order valence-corrected chi connectivity index (χ0v) is 18.9. The highest BCUT2D eigenvalue weighted by atomic mass is 16.5. The van der Waals surface area contributed by atoms with Crippen molar-refractivity contribution in [1.29, 1.82) is 5.41 Å². The third kappa shape index (κ3) is 4.87. The zero-order chi connectivity index (χ0) is 22.8. The molecule has 2 aromatic carbocycles. The smallest absolute Gasteiger partial charge is 0.188 e. The Morgan fingerprint density at radius 1 is 1.18 bits per heavy atom. The van der Waals surface area contributed by atoms with E-state index in [0.29, 0.717) is 0 Å². The minimum absolute atomic E-state index is 0.120. The number of fused-ring (bicyclic) bond motifs is 1. The molecule has 0 spiro atoms. The number of para-hydroxylation sites is 2. The van der Waals surface area contributed by atoms with E-state index in [1.807, 2.05) is 41.3 Å². The Bertz CT molecular complexity index is 1160. The molecule has 33 heavy (non-hydrogen) atoms. The van der Waals surface area contributed by atoms with Crippen LogP contribution in [-0.2, 0) is 4.74 Å². The standard InChI is InChI=1S/C26H30N6O/c1-31-13-11-21(12-14-31)33-24(25-29-22-7-2-3-8-23(22)30-25)20-6-4-5-18(15-20)9-10-19-16-32(17-19)26(27)28/h2-8,15,19,21,24H,11-14,16-17H2,1H3,(H3,27,28)(H,29,30). The lowest BCUT2D eigenvalue weighted by atomic mass is 10.00. The summed E-state index contributed by atoms with van der Waals surface area (Å²) in [6.45, 7) is 3.54. The molecule has 5 rings (SSSR count). The average Bonchev–Trinajstić information content (AvgIpc) is 3.21. The number of likely N-dealkylation sites (tertiary alicyclic amines) is 2. The number of piperidine rings is 1. The molecule has 4 N–H and O–H groups in total. The van der Waals surface area contributed by atoms with Crippen molar-refractivity contribution in [1.82, 2.24) is 19.8 Å². The maximum Gasteiger partial charge on any atom is 0.188 e. The van der Waals surface area contributed by atoms with Crippen LogP contribution in [0.15, 0.2) is 48.5 Å². The molecule has 170 valence electrons. The molecule has 0 saturated carbocycles. The van der Waals surface area contributed by atoms with Crippen molar-refractivity contribution in [2.75, 3.05) is 33.2 Å². The number of nitrogens with two attached hydrogens (primary N) is 1. The van der Waals surface area contributed by atoms with Gasteiger partial charge in [-0.1, -0.05) is 36.1 Å². The first-order chi connectivity index (χ1) is 16.0. The highest BCUT2D eigenvalue weighted by Crippen LogP contribution is 2.30. The quantitative estimate of drug-likeness (QED) is 0.328. The Balaban J connectivity index is 1.40. The summed E-state index contributed by atoms with van der Waals surface area (Å²) in [5.41, 5.74) is 9.50. The van der Waals surface area contributed by atoms with E-state index in [4.69, 9.17) is 20.9 Å². The number of hydrogen-bond acceptors (Lipinski definition) is 4. The van der Waals surface area contributed by atoms with Gasteiger partial charge in [-0.2, -0.15) is 0 Å². The van der Waals surface area contributed by atoms with E-state index in [2.05, 4.69) is 40.9 Å². The molecule has 0 amide bonds. The van der Waals surface area contributed by atoms with Gasteiger partial charge in [0.1, 0.15) is 11.9 Å². The molecule has 7 nitrogen and oxygen atoms in total. The van der Waals surface area contributed by atoms with E-state index in [-0.39, 0.29) is 24.1 Å². The number of ether oxygens (including phenoxy) is 1. The molecular formula is C26H30N6O. The van der Waals surface area contributed by atoms with Gasteiger partial charge in [-0.3, -0.25) is 5.41 Å². The number of H-pyrrole nitrogens is 1. The molecule has 1 aromatic heterocycles. The predicted molar refractivity (Wildman–Crippen MR) is 130 cm³/mol. The average molecular weight is 443 g/mol. The molecule has 2 saturated heterocycles. The van der Waals surface area contributed by atoms with Crippen LogP contribution in [0.1, 0.15) is 35.9 Å². The first-order valence-electron chi connectivity index (χ1n) is 11.5. The highest BCUT2D eigenvalue weighted by Gasteiger charge is 2.27. The summed E-state index contributed by atoms with van der Waals surface area (Å²) in [7, 11) is 2.16. The van der Waals surface area contributed by atoms with E-state index in [1.165, 1.54) is 0 Å². The van der Waals surface area contributed by atoms with Crippen LogP contribution in [0.3, 0.4) is 0 Å². The van der Waals surface area contributed by atoms with Crippen LogP contribution in [0.5, 0.6) is 0 Å². The molecule has 0 bridgehead atoms. The van der Waals surface area contributed by atoms with Crippen molar-refractivity contribution in [3.63, 3.8) is 0 Å². The summed E-state index contributed by atoms with van der Waals surface area (Å²) in [4.78, 5) is 12.5. The highest BCUT2D eigenvalue weighted by molar-refractivity contribution is 5.76. The summed E-state index contributed by atoms with van der Waals surface area (Å²) in [6.07, 6.45) is 1.95. The fourth-order valence-corrected chi connectivity index (χ4v) is 4.44. The van der Waals surface area contributed by atoms with E-state index in [1.54, 1.807) is 0 Å². The number of nitrogens with zero attached hydrogens (tertiary/aromatic N) is 3. The Morgan fingerprint density at radius 2 is 1.97 bits per heavy atom. The first kappa shape index (κ1) is 21.5. The Labute approximate surface area is 194 Å². The minimum Gasteiger partial charge on any atom is -0.370 e. The molecule has 3 heterocycles. The number of aromatic nitrogens is 2. The summed E-state index contributed by atoms with van der Waals surface area (Å²) in [5, 5.41) is 7.48. The van der Waals surface area contributed by atoms with E-state index in [9.17, 15) is 0 Å². The Morgan fingerprint density at radius 3 is 2.73 bits per heavy atom. The van der Waals surface area contributed by atoms with Gasteiger partial charge in [-0.25, -0.2) is 4.98 Å². The van der Waals surface area contributed by atoms with Gasteiger partial charge in [0.05, 0.1) is 23.1 Å². The van der Waals surface area contributed by atoms with Crippen molar-refractivity contribution < 1.29 is 4.74 Å². The van der Waals surface area contributed by atoms with Crippen molar-refractivity contribution >= 4 is 17.0 Å². The second-order valence-electron chi connectivity index (χ2n) is 9.04. The molecule has 2 aliphatic rings. The second kappa shape index (κ2) is 9.26. The largest absolute Gasteiger partial charge is 0.370 e. The topological polar surface area (TPSA) is 94.3 Å². The number of nitrogens with one attached hydrogen (secondary N) is 2. The lowest BCUT2D eigenvalue weighted by molar-refractivity contribution is -0.0264. The third-order valence-corrected chi connectivity index (χ3v) is 6.48. The summed E-state index contributed by atoms with van der Waals surface area (Å²) < 4.78 is 6.68. The van der Waals surface area contributed by atoms with Crippen LogP contribution in [0, 0.1) is 23.2 Å². The first-order valence-corrected chi connectivity index (χ1v) is 11.5. The van der Waals surface area contributed by atoms with Crippen molar-refractivity contribution in [2.24, 2.45) is 11.7 Å². The Kier molecular flexibility index (Phi) is 6.03. The van der Waals surface area contributed by atoms with Crippen LogP contribution in [0.4, 0.5) is 0 Å². The van der Waals surface area contributed by atoms with Gasteiger partial charge in [-0.05, 0) is 49.7 Å². The SMILES string of the molecule is CN1CCC(OC(c2cccc(C#CC3CN(C(=N)N)C3)c2)c2nc3ccccc3[nH]2)CC1. The molecule has 7 heteroatoms. The number of hydrogen-bond donors (Lipinski definition) is 3. The normalized spacial score (nSPS) is 18.5. The van der Waals surface area contributed by atoms with Gasteiger partial charge in [0.2, 0.25) is 0 Å². The van der Waals surface area contributed by atoms with E-state index in [0.717, 1.165) is 67.0 Å². The van der Waals surface area contributed by atoms with Crippen LogP contribution in [-0.4, -0.2) is 65.1 Å². The van der Waals surface area contributed by atoms with Gasteiger partial charge in [0, 0.05) is 31.7 Å². The van der Waals surface area contributed by atoms with Crippen molar-refractivity contribution in [2.45, 2.75) is 25.0 Å². The summed E-state index contributed by atoms with van der Waals surface area (Å²) in [6, 6.07) is 16.4. The minimum atomic E-state index is -0.274. The number of aromatic amines is 1. The fraction of sp³-hybridized carbons (Fsp3) is 0.385. The van der Waals surface area contributed by atoms with Crippen molar-refractivity contribution in [3.05, 3.63) is 65.5 Å². The van der Waals surface area contributed by atoms with E-state index < -0.39 is 0 Å². The second-order valence-corrected chi connectivity index (χ2v) is 9.04. The molecule has 0 aliphatic carbocycles. The number of benzene rings is 2. The monoisotopic (exact) mass is 442 g/mol. The molecule has 3 aromatic rings. The van der Waals surface area contributed by atoms with Crippen molar-refractivity contribution in [3.8, 4) is 11.8 Å². The van der Waals surface area contributed by atoms with Gasteiger partial charge >= 0.3 is 0 Å². The molecule has 1 atom stereocenters. The van der Waals surface area contributed by atoms with E-state index >= 15 is 0 Å². The fourth-order valence-electron chi connectivity index (χ4n) is 4.44. The maximum absolute atomic E-state index is 7.48. The van der Waals surface area contributed by atoms with Gasteiger partial charge in [0.15, 0.2) is 5.96 Å². The van der Waals surface area contributed by atoms with Gasteiger partial charge in [-0.15, -0.1) is 0 Å². The summed E-state index contributed by atoms with van der Waals surface area (Å²) >= 11 is 0. The predicted octanol–water partition coefficient (Wildman–Crippen LogP) is 2.94. The Hall–Kier alpha value is -3.34. The van der Waals surface area contributed by atoms with Crippen LogP contribution < -0.4 is 5.73 Å². The number of guanidine groups is 1. The maximum atomic E-state index is 7.48. The van der Waals surface area contributed by atoms with Crippen LogP contribution in [0.2, 0.25) is 0 Å². The summed E-state index contributed by atoms with van der Waals surface area (Å²) in [5.74, 6) is 7.83. The zero-order valence-electron chi connectivity index (χ0n) is 18.9. The van der Waals surface area contributed by atoms with Gasteiger partial charge < -0.3 is 25.3 Å². The number of imidazole rings is 1. The third-order valence-electron chi connectivity index (χ3n) is 6.48. The molecule has 2 aliphatic heterocycles. The van der Waals surface area contributed by atoms with Crippen LogP contribution in [0.25, 0.3) is 11.0 Å². The van der Waals surface area contributed by atoms with Gasteiger partial charge in [0.25, 0.3) is 0 Å². The number of rotatable bonds is 4. The van der Waals surface area contributed by atoms with Crippen LogP contribution >= 0.6 is 0 Å².